The standard InChI is InChI=1S/C19H16F3NO4/c20-11-2-4-12(5-3-11)27-17(19(25)26)9-23-18(24)14-8-13(14)10-1-6-15(21)16(22)7-10/h1-7,13-14,17H,8-9H2,(H,23,24)(H,25,26). The zero-order valence-electron chi connectivity index (χ0n) is 14.0. The number of benzene rings is 2. The van der Waals surface area contributed by atoms with Gasteiger partial charge < -0.3 is 15.2 Å². The van der Waals surface area contributed by atoms with Crippen LogP contribution in [-0.2, 0) is 9.59 Å². The molecule has 2 aromatic carbocycles. The van der Waals surface area contributed by atoms with Crippen molar-refractivity contribution in [2.45, 2.75) is 18.4 Å². The lowest BCUT2D eigenvalue weighted by atomic mass is 10.1. The number of carbonyl (C=O) groups is 2. The predicted molar refractivity (Wildman–Crippen MR) is 88.7 cm³/mol. The molecule has 3 unspecified atom stereocenters. The first kappa shape index (κ1) is 18.8. The van der Waals surface area contributed by atoms with Crippen LogP contribution >= 0.6 is 0 Å². The number of hydrogen-bond donors (Lipinski definition) is 2. The summed E-state index contributed by atoms with van der Waals surface area (Å²) >= 11 is 0. The summed E-state index contributed by atoms with van der Waals surface area (Å²) in [5.74, 6) is -4.61. The van der Waals surface area contributed by atoms with Crippen molar-refractivity contribution in [3.8, 4) is 5.75 Å². The molecule has 0 radical (unpaired) electrons. The maximum atomic E-state index is 13.3. The van der Waals surface area contributed by atoms with Gasteiger partial charge in [0.15, 0.2) is 11.6 Å². The van der Waals surface area contributed by atoms with Crippen molar-refractivity contribution in [3.05, 3.63) is 65.5 Å². The van der Waals surface area contributed by atoms with E-state index in [1.807, 2.05) is 0 Å². The van der Waals surface area contributed by atoms with Crippen molar-refractivity contribution in [1.82, 2.24) is 5.32 Å². The third-order valence-electron chi connectivity index (χ3n) is 4.33. The molecule has 0 heterocycles. The molecular weight excluding hydrogens is 363 g/mol. The molecular formula is C19H16F3NO4. The van der Waals surface area contributed by atoms with E-state index in [9.17, 15) is 27.9 Å². The van der Waals surface area contributed by atoms with Crippen LogP contribution in [0.15, 0.2) is 42.5 Å². The number of amides is 1. The first-order valence-corrected chi connectivity index (χ1v) is 8.23. The molecule has 8 heteroatoms. The van der Waals surface area contributed by atoms with Gasteiger partial charge in [0.2, 0.25) is 12.0 Å². The number of halogens is 3. The number of carboxylic acid groups (broad SMARTS) is 1. The van der Waals surface area contributed by atoms with E-state index < -0.39 is 41.4 Å². The van der Waals surface area contributed by atoms with Gasteiger partial charge in [0, 0.05) is 5.92 Å². The number of aliphatic carboxylic acids is 1. The molecule has 1 aliphatic rings. The average molecular weight is 379 g/mol. The summed E-state index contributed by atoms with van der Waals surface area (Å²) in [4.78, 5) is 23.5. The number of ether oxygens (including phenoxy) is 1. The van der Waals surface area contributed by atoms with Crippen LogP contribution in [0.2, 0.25) is 0 Å². The van der Waals surface area contributed by atoms with Crippen LogP contribution in [0.1, 0.15) is 17.9 Å². The summed E-state index contributed by atoms with van der Waals surface area (Å²) in [7, 11) is 0. The van der Waals surface area contributed by atoms with E-state index in [0.717, 1.165) is 24.3 Å². The zero-order valence-corrected chi connectivity index (χ0v) is 14.0. The molecule has 0 aliphatic heterocycles. The molecule has 2 N–H and O–H groups in total. The second kappa shape index (κ2) is 7.69. The quantitative estimate of drug-likeness (QED) is 0.776. The predicted octanol–water partition coefficient (Wildman–Crippen LogP) is 2.86. The lowest BCUT2D eigenvalue weighted by Crippen LogP contribution is -2.41. The topological polar surface area (TPSA) is 75.6 Å². The normalized spacial score (nSPS) is 19.2. The van der Waals surface area contributed by atoms with Gasteiger partial charge in [-0.25, -0.2) is 18.0 Å². The van der Waals surface area contributed by atoms with Crippen LogP contribution in [0.25, 0.3) is 0 Å². The van der Waals surface area contributed by atoms with Crippen molar-refractivity contribution in [2.24, 2.45) is 5.92 Å². The second-order valence-electron chi connectivity index (χ2n) is 6.27. The van der Waals surface area contributed by atoms with Gasteiger partial charge in [0.25, 0.3) is 0 Å². The summed E-state index contributed by atoms with van der Waals surface area (Å²) in [5, 5.41) is 11.7. The molecule has 0 bridgehead atoms. The van der Waals surface area contributed by atoms with Crippen LogP contribution in [0, 0.1) is 23.4 Å². The Hall–Kier alpha value is -3.03. The SMILES string of the molecule is O=C(O)C(CNC(=O)C1CC1c1ccc(F)c(F)c1)Oc1ccc(F)cc1. The molecule has 0 saturated heterocycles. The summed E-state index contributed by atoms with van der Waals surface area (Å²) in [6, 6.07) is 8.32. The van der Waals surface area contributed by atoms with Gasteiger partial charge in [0.1, 0.15) is 11.6 Å². The van der Waals surface area contributed by atoms with E-state index >= 15 is 0 Å². The molecule has 2 aromatic rings. The summed E-state index contributed by atoms with van der Waals surface area (Å²) in [6.07, 6.45) is -0.882. The van der Waals surface area contributed by atoms with E-state index in [1.54, 1.807) is 0 Å². The minimum atomic E-state index is -1.35. The highest BCUT2D eigenvalue weighted by Crippen LogP contribution is 2.47. The monoisotopic (exact) mass is 379 g/mol. The van der Waals surface area contributed by atoms with Crippen molar-refractivity contribution in [2.75, 3.05) is 6.54 Å². The molecule has 0 spiro atoms. The Labute approximate surface area is 152 Å². The Bertz CT molecular complexity index is 857. The minimum Gasteiger partial charge on any atom is -0.478 e. The Kier molecular flexibility index (Phi) is 5.34. The van der Waals surface area contributed by atoms with E-state index in [0.29, 0.717) is 12.0 Å². The van der Waals surface area contributed by atoms with Crippen molar-refractivity contribution in [3.63, 3.8) is 0 Å². The highest BCUT2D eigenvalue weighted by atomic mass is 19.2. The van der Waals surface area contributed by atoms with E-state index in [-0.39, 0.29) is 18.2 Å². The molecule has 1 aliphatic carbocycles. The van der Waals surface area contributed by atoms with Gasteiger partial charge in [-0.05, 0) is 54.3 Å². The summed E-state index contributed by atoms with van der Waals surface area (Å²) < 4.78 is 44.4. The van der Waals surface area contributed by atoms with Crippen LogP contribution in [0.3, 0.4) is 0 Å². The van der Waals surface area contributed by atoms with Gasteiger partial charge in [-0.1, -0.05) is 6.07 Å². The number of hydrogen-bond acceptors (Lipinski definition) is 3. The molecule has 3 rings (SSSR count). The number of rotatable bonds is 7. The van der Waals surface area contributed by atoms with Crippen LogP contribution in [0.4, 0.5) is 13.2 Å². The third-order valence-corrected chi connectivity index (χ3v) is 4.33. The highest BCUT2D eigenvalue weighted by molar-refractivity contribution is 5.83. The fourth-order valence-corrected chi connectivity index (χ4v) is 2.78. The Morgan fingerprint density at radius 2 is 1.81 bits per heavy atom. The van der Waals surface area contributed by atoms with Gasteiger partial charge in [-0.15, -0.1) is 0 Å². The fraction of sp³-hybridized carbons (Fsp3) is 0.263. The molecule has 1 saturated carbocycles. The minimum absolute atomic E-state index is 0.157. The van der Waals surface area contributed by atoms with E-state index in [4.69, 9.17) is 4.74 Å². The first-order chi connectivity index (χ1) is 12.8. The van der Waals surface area contributed by atoms with Crippen LogP contribution in [0.5, 0.6) is 5.75 Å². The lowest BCUT2D eigenvalue weighted by Gasteiger charge is -2.16. The van der Waals surface area contributed by atoms with Crippen LogP contribution in [-0.4, -0.2) is 29.6 Å². The Morgan fingerprint density at radius 1 is 1.11 bits per heavy atom. The molecule has 27 heavy (non-hydrogen) atoms. The first-order valence-electron chi connectivity index (χ1n) is 8.23. The van der Waals surface area contributed by atoms with Crippen molar-refractivity contribution >= 4 is 11.9 Å². The number of nitrogens with one attached hydrogen (secondary N) is 1. The molecule has 1 fully saturated rings. The number of carbonyl (C=O) groups excluding carboxylic acids is 1. The fourth-order valence-electron chi connectivity index (χ4n) is 2.78. The number of carboxylic acids is 1. The van der Waals surface area contributed by atoms with Crippen LogP contribution < -0.4 is 10.1 Å². The third kappa shape index (κ3) is 4.58. The molecule has 3 atom stereocenters. The van der Waals surface area contributed by atoms with Crippen molar-refractivity contribution in [1.29, 1.82) is 0 Å². The summed E-state index contributed by atoms with van der Waals surface area (Å²) in [6.45, 7) is -0.285. The van der Waals surface area contributed by atoms with E-state index in [1.165, 1.54) is 18.2 Å². The Balaban J connectivity index is 1.54. The maximum Gasteiger partial charge on any atom is 0.346 e. The smallest absolute Gasteiger partial charge is 0.346 e. The molecule has 142 valence electrons. The average Bonchev–Trinajstić information content (AvgIpc) is 3.43. The summed E-state index contributed by atoms with van der Waals surface area (Å²) in [5.41, 5.74) is 0.520. The second-order valence-corrected chi connectivity index (χ2v) is 6.27. The van der Waals surface area contributed by atoms with Gasteiger partial charge >= 0.3 is 5.97 Å². The van der Waals surface area contributed by atoms with E-state index in [2.05, 4.69) is 5.32 Å². The molecule has 1 amide bonds. The molecule has 0 aromatic heterocycles. The van der Waals surface area contributed by atoms with Crippen molar-refractivity contribution < 1.29 is 32.6 Å². The highest BCUT2D eigenvalue weighted by Gasteiger charge is 2.44. The largest absolute Gasteiger partial charge is 0.478 e. The maximum absolute atomic E-state index is 13.3. The lowest BCUT2D eigenvalue weighted by molar-refractivity contribution is -0.145. The van der Waals surface area contributed by atoms with Gasteiger partial charge in [-0.3, -0.25) is 4.79 Å². The zero-order chi connectivity index (χ0) is 19.6. The van der Waals surface area contributed by atoms with Gasteiger partial charge in [-0.2, -0.15) is 0 Å². The molecule has 5 nitrogen and oxygen atoms in total. The van der Waals surface area contributed by atoms with Gasteiger partial charge in [0.05, 0.1) is 6.54 Å². The Morgan fingerprint density at radius 3 is 2.44 bits per heavy atom.